The molecule has 0 aromatic rings. The lowest BCUT2D eigenvalue weighted by atomic mass is 9.65. The Morgan fingerprint density at radius 3 is 2.30 bits per heavy atom. The summed E-state index contributed by atoms with van der Waals surface area (Å²) in [6, 6.07) is 0. The summed E-state index contributed by atoms with van der Waals surface area (Å²) in [6.45, 7) is 8.99. The maximum Gasteiger partial charge on any atom is 0.339 e. The fourth-order valence-electron chi connectivity index (χ4n) is 4.30. The topological polar surface area (TPSA) is 99.1 Å². The molecule has 2 saturated carbocycles. The van der Waals surface area contributed by atoms with Crippen molar-refractivity contribution in [2.24, 2.45) is 11.3 Å². The Labute approximate surface area is 160 Å². The van der Waals surface area contributed by atoms with Crippen LogP contribution in [0.25, 0.3) is 0 Å². The van der Waals surface area contributed by atoms with Crippen LogP contribution in [0.3, 0.4) is 0 Å². The maximum atomic E-state index is 13.2. The number of hydrogen-bond acceptors (Lipinski definition) is 7. The van der Waals surface area contributed by atoms with Crippen LogP contribution in [0.15, 0.2) is 0 Å². The third-order valence-corrected chi connectivity index (χ3v) is 5.78. The van der Waals surface area contributed by atoms with Gasteiger partial charge in [-0.3, -0.25) is 9.59 Å². The molecule has 2 aliphatic rings. The van der Waals surface area contributed by atoms with Gasteiger partial charge in [0.2, 0.25) is 0 Å². The largest absolute Gasteiger partial charge is 0.468 e. The Hall–Kier alpha value is -1.47. The Kier molecular flexibility index (Phi) is 6.07. The summed E-state index contributed by atoms with van der Waals surface area (Å²) in [4.78, 5) is 38.6. The first-order valence-corrected chi connectivity index (χ1v) is 9.70. The van der Waals surface area contributed by atoms with Gasteiger partial charge in [0.05, 0.1) is 25.2 Å². The van der Waals surface area contributed by atoms with Gasteiger partial charge in [0.15, 0.2) is 16.8 Å². The highest BCUT2D eigenvalue weighted by Gasteiger charge is 2.71. The number of carbonyl (C=O) groups excluding carboxylic acids is 3. The third-order valence-electron chi connectivity index (χ3n) is 5.78. The molecule has 1 N–H and O–H groups in total. The number of carbonyl (C=O) groups is 3. The van der Waals surface area contributed by atoms with Gasteiger partial charge in [0, 0.05) is 6.42 Å². The first-order valence-electron chi connectivity index (χ1n) is 9.70. The molecule has 154 valence electrons. The molecule has 0 radical (unpaired) electrons. The predicted molar refractivity (Wildman–Crippen MR) is 96.8 cm³/mol. The van der Waals surface area contributed by atoms with E-state index in [2.05, 4.69) is 0 Å². The first-order chi connectivity index (χ1) is 12.5. The van der Waals surface area contributed by atoms with Crippen molar-refractivity contribution in [3.05, 3.63) is 0 Å². The van der Waals surface area contributed by atoms with Crippen LogP contribution in [0.4, 0.5) is 0 Å². The highest BCUT2D eigenvalue weighted by molar-refractivity contribution is 6.10. The van der Waals surface area contributed by atoms with Crippen molar-refractivity contribution < 1.29 is 33.7 Å². The highest BCUT2D eigenvalue weighted by Crippen LogP contribution is 2.55. The fourth-order valence-corrected chi connectivity index (χ4v) is 4.30. The zero-order chi connectivity index (χ0) is 20.6. The van der Waals surface area contributed by atoms with E-state index in [-0.39, 0.29) is 25.4 Å². The molecule has 2 aliphatic carbocycles. The van der Waals surface area contributed by atoms with Crippen LogP contribution < -0.4 is 0 Å². The van der Waals surface area contributed by atoms with Gasteiger partial charge in [-0.2, -0.15) is 0 Å². The molecule has 4 atom stereocenters. The van der Waals surface area contributed by atoms with Crippen molar-refractivity contribution in [3.8, 4) is 0 Å². The van der Waals surface area contributed by atoms with Crippen LogP contribution in [-0.4, -0.2) is 53.3 Å². The zero-order valence-electron chi connectivity index (χ0n) is 17.2. The normalized spacial score (nSPS) is 33.3. The van der Waals surface area contributed by atoms with Gasteiger partial charge in [0.25, 0.3) is 0 Å². The monoisotopic (exact) mass is 384 g/mol. The number of rotatable bonds is 6. The molecule has 0 saturated heterocycles. The van der Waals surface area contributed by atoms with Crippen molar-refractivity contribution in [1.29, 1.82) is 0 Å². The second-order valence-electron chi connectivity index (χ2n) is 8.61. The van der Waals surface area contributed by atoms with Crippen LogP contribution in [0.2, 0.25) is 0 Å². The molecule has 7 heteroatoms. The molecule has 0 amide bonds. The zero-order valence-corrected chi connectivity index (χ0v) is 17.2. The number of hydrogen-bond donors (Lipinski definition) is 1. The molecule has 2 rings (SSSR count). The second kappa shape index (κ2) is 7.51. The quantitative estimate of drug-likeness (QED) is 0.553. The van der Waals surface area contributed by atoms with Gasteiger partial charge >= 0.3 is 11.9 Å². The van der Waals surface area contributed by atoms with E-state index < -0.39 is 46.4 Å². The summed E-state index contributed by atoms with van der Waals surface area (Å²) in [5.41, 5.74) is -4.28. The molecule has 27 heavy (non-hydrogen) atoms. The van der Waals surface area contributed by atoms with Crippen LogP contribution >= 0.6 is 0 Å². The molecular weight excluding hydrogens is 352 g/mol. The van der Waals surface area contributed by atoms with E-state index >= 15 is 0 Å². The lowest BCUT2D eigenvalue weighted by molar-refractivity contribution is -0.207. The SMILES string of the molecule is CCC(CC)O[C@@H]1C[C@](O)(C(=O)OC(C)(C)C)[C@@H]2CC[C@@]1(C(=O)OC)C2=O. The highest BCUT2D eigenvalue weighted by atomic mass is 16.6. The van der Waals surface area contributed by atoms with Gasteiger partial charge < -0.3 is 19.3 Å². The average molecular weight is 384 g/mol. The van der Waals surface area contributed by atoms with Crippen molar-refractivity contribution in [1.82, 2.24) is 0 Å². The van der Waals surface area contributed by atoms with Gasteiger partial charge in [-0.1, -0.05) is 13.8 Å². The standard InChI is InChI=1S/C20H32O7/c1-7-12(8-2)26-14-11-20(24,17(23)27-18(3,4)5)13-9-10-19(14,15(13)21)16(22)25-6/h12-14,24H,7-11H2,1-6H3/t13-,14-,19+,20-/m1/s1. The molecule has 0 spiro atoms. The summed E-state index contributed by atoms with van der Waals surface area (Å²) in [7, 11) is 1.24. The van der Waals surface area contributed by atoms with Crippen LogP contribution in [0.5, 0.6) is 0 Å². The molecular formula is C20H32O7. The summed E-state index contributed by atoms with van der Waals surface area (Å²) in [5, 5.41) is 11.2. The minimum absolute atomic E-state index is 0.163. The fraction of sp³-hybridized carbons (Fsp3) is 0.850. The summed E-state index contributed by atoms with van der Waals surface area (Å²) in [6.07, 6.45) is 0.498. The lowest BCUT2D eigenvalue weighted by Crippen LogP contribution is -2.63. The minimum atomic E-state index is -2.00. The number of methoxy groups -OCH3 is 1. The Bertz CT molecular complexity index is 604. The number of ether oxygens (including phenoxy) is 3. The number of esters is 2. The van der Waals surface area contributed by atoms with Gasteiger partial charge in [0.1, 0.15) is 5.60 Å². The van der Waals surface area contributed by atoms with E-state index in [0.29, 0.717) is 12.8 Å². The molecule has 0 aromatic heterocycles. The smallest absolute Gasteiger partial charge is 0.339 e. The Balaban J connectivity index is 2.46. The third kappa shape index (κ3) is 3.63. The first kappa shape index (κ1) is 21.8. The van der Waals surface area contributed by atoms with E-state index in [1.54, 1.807) is 20.8 Å². The van der Waals surface area contributed by atoms with Crippen molar-refractivity contribution in [3.63, 3.8) is 0 Å². The van der Waals surface area contributed by atoms with Gasteiger partial charge in [-0.05, 0) is 46.5 Å². The maximum absolute atomic E-state index is 13.2. The number of aliphatic hydroxyl groups is 1. The Morgan fingerprint density at radius 1 is 1.22 bits per heavy atom. The second-order valence-corrected chi connectivity index (χ2v) is 8.61. The van der Waals surface area contributed by atoms with Crippen LogP contribution in [-0.2, 0) is 28.6 Å². The molecule has 2 bridgehead atoms. The van der Waals surface area contributed by atoms with Gasteiger partial charge in [-0.25, -0.2) is 4.79 Å². The average Bonchev–Trinajstić information content (AvgIpc) is 2.87. The minimum Gasteiger partial charge on any atom is -0.468 e. The van der Waals surface area contributed by atoms with Crippen molar-refractivity contribution >= 4 is 17.7 Å². The molecule has 7 nitrogen and oxygen atoms in total. The van der Waals surface area contributed by atoms with E-state index in [9.17, 15) is 19.5 Å². The molecule has 0 aromatic carbocycles. The molecule has 0 aliphatic heterocycles. The number of Topliss-reactive ketones (excluding diaryl/α,β-unsaturated/α-hetero) is 1. The van der Waals surface area contributed by atoms with Gasteiger partial charge in [-0.15, -0.1) is 0 Å². The lowest BCUT2D eigenvalue weighted by Gasteiger charge is -2.45. The van der Waals surface area contributed by atoms with E-state index in [1.165, 1.54) is 7.11 Å². The molecule has 0 unspecified atom stereocenters. The number of ketones is 1. The van der Waals surface area contributed by atoms with Crippen LogP contribution in [0.1, 0.15) is 66.7 Å². The molecule has 0 heterocycles. The molecule has 2 fully saturated rings. The number of fused-ring (bicyclic) bond motifs is 2. The predicted octanol–water partition coefficient (Wildman–Crippen LogP) is 2.18. The Morgan fingerprint density at radius 2 is 1.81 bits per heavy atom. The summed E-state index contributed by atoms with van der Waals surface area (Å²) < 4.78 is 16.4. The van der Waals surface area contributed by atoms with Crippen LogP contribution in [0, 0.1) is 11.3 Å². The van der Waals surface area contributed by atoms with Crippen molar-refractivity contribution in [2.45, 2.75) is 90.1 Å². The van der Waals surface area contributed by atoms with E-state index in [1.807, 2.05) is 13.8 Å². The van der Waals surface area contributed by atoms with Crippen molar-refractivity contribution in [2.75, 3.05) is 7.11 Å². The van der Waals surface area contributed by atoms with E-state index in [0.717, 1.165) is 0 Å². The summed E-state index contributed by atoms with van der Waals surface area (Å²) >= 11 is 0. The summed E-state index contributed by atoms with van der Waals surface area (Å²) in [5.74, 6) is -2.97. The van der Waals surface area contributed by atoms with E-state index in [4.69, 9.17) is 14.2 Å².